The molecule has 4 heteroatoms. The second-order valence-electron chi connectivity index (χ2n) is 5.83. The lowest BCUT2D eigenvalue weighted by molar-refractivity contribution is 0.158. The van der Waals surface area contributed by atoms with Gasteiger partial charge in [-0.15, -0.1) is 11.3 Å². The Kier molecular flexibility index (Phi) is 6.33. The van der Waals surface area contributed by atoms with E-state index in [1.165, 1.54) is 41.8 Å². The third kappa shape index (κ3) is 5.18. The van der Waals surface area contributed by atoms with Crippen molar-refractivity contribution >= 4 is 27.3 Å². The predicted molar refractivity (Wildman–Crippen MR) is 87.7 cm³/mol. The summed E-state index contributed by atoms with van der Waals surface area (Å²) in [5.41, 5.74) is 0. The van der Waals surface area contributed by atoms with E-state index in [-0.39, 0.29) is 0 Å². The van der Waals surface area contributed by atoms with E-state index in [0.717, 1.165) is 24.9 Å². The number of piperidine rings is 1. The van der Waals surface area contributed by atoms with Crippen LogP contribution in [0.2, 0.25) is 0 Å². The Hall–Kier alpha value is 0.1000. The lowest BCUT2D eigenvalue weighted by Gasteiger charge is -2.33. The molecule has 0 radical (unpaired) electrons. The number of hydrogen-bond donors (Lipinski definition) is 1. The third-order valence-corrected chi connectivity index (χ3v) is 5.80. The van der Waals surface area contributed by atoms with Gasteiger partial charge in [0.05, 0.1) is 0 Å². The van der Waals surface area contributed by atoms with Crippen LogP contribution in [-0.4, -0.2) is 31.1 Å². The van der Waals surface area contributed by atoms with Crippen molar-refractivity contribution in [1.29, 1.82) is 0 Å². The number of hydrogen-bond acceptors (Lipinski definition) is 3. The SMILES string of the molecule is CC(C)C1CCN(CCNCc2cc(Br)cs2)CC1. The average Bonchev–Trinajstić information content (AvgIpc) is 2.81. The summed E-state index contributed by atoms with van der Waals surface area (Å²) in [6.07, 6.45) is 2.77. The zero-order chi connectivity index (χ0) is 13.7. The molecule has 1 aromatic heterocycles. The van der Waals surface area contributed by atoms with Gasteiger partial charge >= 0.3 is 0 Å². The first-order valence-electron chi connectivity index (χ1n) is 7.31. The summed E-state index contributed by atoms with van der Waals surface area (Å²) in [5.74, 6) is 1.81. The van der Waals surface area contributed by atoms with Crippen molar-refractivity contribution in [3.63, 3.8) is 0 Å². The highest BCUT2D eigenvalue weighted by Gasteiger charge is 2.20. The highest BCUT2D eigenvalue weighted by atomic mass is 79.9. The van der Waals surface area contributed by atoms with E-state index in [2.05, 4.69) is 51.4 Å². The fraction of sp³-hybridized carbons (Fsp3) is 0.733. The first-order valence-corrected chi connectivity index (χ1v) is 8.98. The highest BCUT2D eigenvalue weighted by Crippen LogP contribution is 2.24. The van der Waals surface area contributed by atoms with Gasteiger partial charge in [-0.1, -0.05) is 13.8 Å². The molecule has 1 aliphatic heterocycles. The average molecular weight is 345 g/mol. The van der Waals surface area contributed by atoms with E-state index >= 15 is 0 Å². The smallest absolute Gasteiger partial charge is 0.0300 e. The fourth-order valence-electron chi connectivity index (χ4n) is 2.74. The predicted octanol–water partition coefficient (Wildman–Crippen LogP) is 3.97. The summed E-state index contributed by atoms with van der Waals surface area (Å²) in [7, 11) is 0. The standard InChI is InChI=1S/C15H25BrN2S/c1-12(2)13-3-6-18(7-4-13)8-5-17-10-15-9-14(16)11-19-15/h9,11-13,17H,3-8,10H2,1-2H3. The molecule has 2 heterocycles. The van der Waals surface area contributed by atoms with E-state index < -0.39 is 0 Å². The molecule has 2 nitrogen and oxygen atoms in total. The van der Waals surface area contributed by atoms with Crippen LogP contribution >= 0.6 is 27.3 Å². The van der Waals surface area contributed by atoms with Gasteiger partial charge in [-0.2, -0.15) is 0 Å². The van der Waals surface area contributed by atoms with Crippen molar-refractivity contribution in [3.05, 3.63) is 20.8 Å². The van der Waals surface area contributed by atoms with Crippen molar-refractivity contribution in [2.24, 2.45) is 11.8 Å². The Bertz CT molecular complexity index is 370. The zero-order valence-corrected chi connectivity index (χ0v) is 14.4. The Morgan fingerprint density at radius 1 is 1.42 bits per heavy atom. The Labute approximate surface area is 129 Å². The Morgan fingerprint density at radius 2 is 2.16 bits per heavy atom. The van der Waals surface area contributed by atoms with E-state index in [9.17, 15) is 0 Å². The van der Waals surface area contributed by atoms with E-state index in [4.69, 9.17) is 0 Å². The molecule has 0 saturated carbocycles. The maximum Gasteiger partial charge on any atom is 0.0300 e. The van der Waals surface area contributed by atoms with Crippen molar-refractivity contribution in [2.45, 2.75) is 33.2 Å². The molecule has 1 fully saturated rings. The normalized spacial score (nSPS) is 18.3. The molecule has 0 bridgehead atoms. The van der Waals surface area contributed by atoms with Gasteiger partial charge < -0.3 is 10.2 Å². The van der Waals surface area contributed by atoms with Crippen LogP contribution in [0.4, 0.5) is 0 Å². The Balaban J connectivity index is 1.57. The van der Waals surface area contributed by atoms with Gasteiger partial charge in [-0.05, 0) is 59.8 Å². The minimum Gasteiger partial charge on any atom is -0.311 e. The van der Waals surface area contributed by atoms with Crippen LogP contribution in [0.25, 0.3) is 0 Å². The number of nitrogens with zero attached hydrogens (tertiary/aromatic N) is 1. The lowest BCUT2D eigenvalue weighted by atomic mass is 9.87. The van der Waals surface area contributed by atoms with Gasteiger partial charge in [0.1, 0.15) is 0 Å². The highest BCUT2D eigenvalue weighted by molar-refractivity contribution is 9.10. The maximum atomic E-state index is 3.54. The minimum absolute atomic E-state index is 0.859. The van der Waals surface area contributed by atoms with E-state index in [1.807, 2.05) is 11.3 Å². The molecule has 0 aliphatic carbocycles. The largest absolute Gasteiger partial charge is 0.311 e. The molecule has 0 aromatic carbocycles. The van der Waals surface area contributed by atoms with Gasteiger partial charge in [-0.25, -0.2) is 0 Å². The summed E-state index contributed by atoms with van der Waals surface area (Å²) in [6, 6.07) is 2.20. The van der Waals surface area contributed by atoms with Crippen LogP contribution in [0, 0.1) is 11.8 Å². The number of halogens is 1. The van der Waals surface area contributed by atoms with Crippen LogP contribution in [0.1, 0.15) is 31.6 Å². The van der Waals surface area contributed by atoms with Crippen molar-refractivity contribution < 1.29 is 0 Å². The topological polar surface area (TPSA) is 15.3 Å². The summed E-state index contributed by atoms with van der Waals surface area (Å²) < 4.78 is 1.20. The van der Waals surface area contributed by atoms with E-state index in [0.29, 0.717) is 0 Å². The van der Waals surface area contributed by atoms with Gasteiger partial charge in [0.15, 0.2) is 0 Å². The zero-order valence-electron chi connectivity index (χ0n) is 12.0. The van der Waals surface area contributed by atoms with Crippen molar-refractivity contribution in [1.82, 2.24) is 10.2 Å². The lowest BCUT2D eigenvalue weighted by Crippen LogP contribution is -2.39. The maximum absolute atomic E-state index is 3.54. The van der Waals surface area contributed by atoms with Crippen molar-refractivity contribution in [2.75, 3.05) is 26.2 Å². The monoisotopic (exact) mass is 344 g/mol. The van der Waals surface area contributed by atoms with Crippen LogP contribution in [0.15, 0.2) is 15.9 Å². The fourth-order valence-corrected chi connectivity index (χ4v) is 4.16. The van der Waals surface area contributed by atoms with Gasteiger partial charge in [0, 0.05) is 34.4 Å². The molecule has 1 aliphatic rings. The van der Waals surface area contributed by atoms with Gasteiger partial charge in [0.25, 0.3) is 0 Å². The molecule has 1 aromatic rings. The van der Waals surface area contributed by atoms with Gasteiger partial charge in [-0.3, -0.25) is 0 Å². The summed E-state index contributed by atoms with van der Waals surface area (Å²) in [6.45, 7) is 10.6. The van der Waals surface area contributed by atoms with Crippen LogP contribution < -0.4 is 5.32 Å². The van der Waals surface area contributed by atoms with Crippen LogP contribution in [0.3, 0.4) is 0 Å². The molecule has 0 atom stereocenters. The number of likely N-dealkylation sites (tertiary alicyclic amines) is 1. The third-order valence-electron chi connectivity index (χ3n) is 4.10. The minimum atomic E-state index is 0.859. The molecule has 0 spiro atoms. The van der Waals surface area contributed by atoms with Crippen molar-refractivity contribution in [3.8, 4) is 0 Å². The van der Waals surface area contributed by atoms with Gasteiger partial charge in [0.2, 0.25) is 0 Å². The number of thiophene rings is 1. The van der Waals surface area contributed by atoms with E-state index in [1.54, 1.807) is 0 Å². The first-order chi connectivity index (χ1) is 9.15. The molecule has 0 unspecified atom stereocenters. The molecule has 108 valence electrons. The Morgan fingerprint density at radius 3 is 2.74 bits per heavy atom. The summed E-state index contributed by atoms with van der Waals surface area (Å²) in [4.78, 5) is 4.02. The molecule has 19 heavy (non-hydrogen) atoms. The molecule has 1 saturated heterocycles. The molecule has 2 rings (SSSR count). The number of rotatable bonds is 6. The van der Waals surface area contributed by atoms with Crippen LogP contribution in [0.5, 0.6) is 0 Å². The quantitative estimate of drug-likeness (QED) is 0.785. The molecular weight excluding hydrogens is 320 g/mol. The first kappa shape index (κ1) is 15.5. The molecular formula is C15H25BrN2S. The second-order valence-corrected chi connectivity index (χ2v) is 7.74. The second kappa shape index (κ2) is 7.77. The number of nitrogens with one attached hydrogen (secondary N) is 1. The summed E-state index contributed by atoms with van der Waals surface area (Å²) >= 11 is 5.31. The summed E-state index contributed by atoms with van der Waals surface area (Å²) in [5, 5.41) is 5.69. The molecule has 0 amide bonds. The van der Waals surface area contributed by atoms with Crippen LogP contribution in [-0.2, 0) is 6.54 Å². The molecule has 1 N–H and O–H groups in total.